The highest BCUT2D eigenvalue weighted by atomic mass is 79.9. The van der Waals surface area contributed by atoms with Gasteiger partial charge in [0.25, 0.3) is 5.56 Å². The van der Waals surface area contributed by atoms with E-state index in [-0.39, 0.29) is 12.1 Å². The van der Waals surface area contributed by atoms with Gasteiger partial charge in [0.2, 0.25) is 0 Å². The summed E-state index contributed by atoms with van der Waals surface area (Å²) >= 11 is 3.40. The largest absolute Gasteiger partial charge is 0.326 e. The molecule has 3 nitrogen and oxygen atoms in total. The zero-order valence-electron chi connectivity index (χ0n) is 9.46. The number of halogens is 1. The van der Waals surface area contributed by atoms with Crippen molar-refractivity contribution in [3.8, 4) is 11.1 Å². The van der Waals surface area contributed by atoms with Crippen molar-refractivity contribution in [2.24, 2.45) is 5.73 Å². The Bertz CT molecular complexity index is 587. The van der Waals surface area contributed by atoms with Crippen LogP contribution < -0.4 is 11.3 Å². The number of aromatic amines is 1. The molecule has 0 spiro atoms. The number of rotatable bonds is 2. The molecule has 0 aliphatic rings. The summed E-state index contributed by atoms with van der Waals surface area (Å²) in [7, 11) is 0. The van der Waals surface area contributed by atoms with Crippen LogP contribution in [0.25, 0.3) is 11.1 Å². The van der Waals surface area contributed by atoms with E-state index in [9.17, 15) is 4.79 Å². The number of hydrogen-bond donors (Lipinski definition) is 2. The lowest BCUT2D eigenvalue weighted by Gasteiger charge is -2.08. The summed E-state index contributed by atoms with van der Waals surface area (Å²) in [6.45, 7) is 2.14. The van der Waals surface area contributed by atoms with Crippen LogP contribution >= 0.6 is 15.9 Å². The number of pyridine rings is 1. The van der Waals surface area contributed by atoms with Gasteiger partial charge < -0.3 is 10.7 Å². The number of H-pyrrole nitrogens is 1. The van der Waals surface area contributed by atoms with Crippen molar-refractivity contribution >= 4 is 15.9 Å². The van der Waals surface area contributed by atoms with E-state index in [2.05, 4.69) is 20.9 Å². The van der Waals surface area contributed by atoms with Crippen LogP contribution in [0.4, 0.5) is 0 Å². The summed E-state index contributed by atoms with van der Waals surface area (Å²) in [5.41, 5.74) is 8.98. The predicted octanol–water partition coefficient (Wildman–Crippen LogP) is 2.57. The van der Waals surface area contributed by atoms with Crippen molar-refractivity contribution in [2.75, 3.05) is 0 Å². The molecule has 0 aliphatic carbocycles. The first-order valence-corrected chi connectivity index (χ1v) is 6.10. The highest BCUT2D eigenvalue weighted by Gasteiger charge is 2.06. The molecular weight excluding hydrogens is 280 g/mol. The zero-order chi connectivity index (χ0) is 12.4. The Morgan fingerprint density at radius 1 is 1.29 bits per heavy atom. The third-order valence-corrected chi connectivity index (χ3v) is 3.22. The molecule has 3 N–H and O–H groups in total. The minimum Gasteiger partial charge on any atom is -0.326 e. The van der Waals surface area contributed by atoms with E-state index in [0.29, 0.717) is 5.56 Å². The molecule has 0 fully saturated rings. The normalized spacial score (nSPS) is 10.5. The molecule has 1 aromatic carbocycles. The van der Waals surface area contributed by atoms with Gasteiger partial charge in [0, 0.05) is 27.8 Å². The van der Waals surface area contributed by atoms with Gasteiger partial charge in [-0.25, -0.2) is 0 Å². The zero-order valence-corrected chi connectivity index (χ0v) is 11.0. The number of hydrogen-bond acceptors (Lipinski definition) is 2. The van der Waals surface area contributed by atoms with Gasteiger partial charge in [0.05, 0.1) is 0 Å². The maximum absolute atomic E-state index is 11.6. The molecule has 2 aromatic rings. The minimum absolute atomic E-state index is 0.106. The van der Waals surface area contributed by atoms with E-state index in [1.54, 1.807) is 0 Å². The molecule has 0 saturated heterocycles. The molecule has 4 heteroatoms. The molecule has 17 heavy (non-hydrogen) atoms. The molecule has 0 saturated carbocycles. The minimum atomic E-state index is -0.106. The monoisotopic (exact) mass is 292 g/mol. The summed E-state index contributed by atoms with van der Waals surface area (Å²) < 4.78 is 1.03. The van der Waals surface area contributed by atoms with Crippen molar-refractivity contribution in [3.63, 3.8) is 0 Å². The second-order valence-corrected chi connectivity index (χ2v) is 4.79. The van der Waals surface area contributed by atoms with E-state index in [1.807, 2.05) is 37.3 Å². The Hall–Kier alpha value is -1.39. The SMILES string of the molecule is Cc1[nH]c(=O)c(CN)cc1-c1ccc(Br)cc1. The lowest BCUT2D eigenvalue weighted by Crippen LogP contribution is -2.17. The van der Waals surface area contributed by atoms with Crippen LogP contribution in [0.3, 0.4) is 0 Å². The fourth-order valence-corrected chi connectivity index (χ4v) is 2.01. The maximum atomic E-state index is 11.6. The number of aryl methyl sites for hydroxylation is 1. The van der Waals surface area contributed by atoms with E-state index < -0.39 is 0 Å². The quantitative estimate of drug-likeness (QED) is 0.894. The van der Waals surface area contributed by atoms with Gasteiger partial charge in [-0.05, 0) is 30.7 Å². The second kappa shape index (κ2) is 4.85. The van der Waals surface area contributed by atoms with Crippen LogP contribution in [0.15, 0.2) is 39.6 Å². The van der Waals surface area contributed by atoms with Crippen molar-refractivity contribution in [1.29, 1.82) is 0 Å². The average molecular weight is 293 g/mol. The fraction of sp³-hybridized carbons (Fsp3) is 0.154. The first-order valence-electron chi connectivity index (χ1n) is 5.30. The van der Waals surface area contributed by atoms with Gasteiger partial charge in [-0.3, -0.25) is 4.79 Å². The Kier molecular flexibility index (Phi) is 3.45. The molecule has 1 heterocycles. The molecule has 88 valence electrons. The molecule has 0 aliphatic heterocycles. The third kappa shape index (κ3) is 2.48. The molecule has 0 unspecified atom stereocenters. The van der Waals surface area contributed by atoms with E-state index in [0.717, 1.165) is 21.3 Å². The number of benzene rings is 1. The number of nitrogens with two attached hydrogens (primary N) is 1. The predicted molar refractivity (Wildman–Crippen MR) is 72.8 cm³/mol. The van der Waals surface area contributed by atoms with E-state index >= 15 is 0 Å². The maximum Gasteiger partial charge on any atom is 0.252 e. The summed E-state index contributed by atoms with van der Waals surface area (Å²) in [4.78, 5) is 14.4. The smallest absolute Gasteiger partial charge is 0.252 e. The van der Waals surface area contributed by atoms with Crippen LogP contribution in [-0.4, -0.2) is 4.98 Å². The molecule has 0 bridgehead atoms. The molecule has 0 atom stereocenters. The van der Waals surface area contributed by atoms with Crippen LogP contribution in [0.1, 0.15) is 11.3 Å². The van der Waals surface area contributed by atoms with Gasteiger partial charge in [-0.15, -0.1) is 0 Å². The Morgan fingerprint density at radius 3 is 2.53 bits per heavy atom. The Balaban J connectivity index is 2.59. The number of aromatic nitrogens is 1. The first-order chi connectivity index (χ1) is 8.11. The summed E-state index contributed by atoms with van der Waals surface area (Å²) in [6, 6.07) is 9.82. The van der Waals surface area contributed by atoms with Crippen molar-refractivity contribution in [1.82, 2.24) is 4.98 Å². The molecule has 2 rings (SSSR count). The third-order valence-electron chi connectivity index (χ3n) is 2.69. The first kappa shape index (κ1) is 12.1. The Morgan fingerprint density at radius 2 is 1.94 bits per heavy atom. The highest BCUT2D eigenvalue weighted by Crippen LogP contribution is 2.23. The van der Waals surface area contributed by atoms with Gasteiger partial charge >= 0.3 is 0 Å². The lowest BCUT2D eigenvalue weighted by atomic mass is 10.0. The van der Waals surface area contributed by atoms with Crippen LogP contribution in [0, 0.1) is 6.92 Å². The van der Waals surface area contributed by atoms with Crippen molar-refractivity contribution in [3.05, 3.63) is 56.4 Å². The van der Waals surface area contributed by atoms with Crippen molar-refractivity contribution in [2.45, 2.75) is 13.5 Å². The fourth-order valence-electron chi connectivity index (χ4n) is 1.75. The standard InChI is InChI=1S/C13H13BrN2O/c1-8-12(6-10(7-15)13(17)16-8)9-2-4-11(14)5-3-9/h2-6H,7,15H2,1H3,(H,16,17). The van der Waals surface area contributed by atoms with Crippen LogP contribution in [0.2, 0.25) is 0 Å². The van der Waals surface area contributed by atoms with Gasteiger partial charge in [0.1, 0.15) is 0 Å². The summed E-state index contributed by atoms with van der Waals surface area (Å²) in [5.74, 6) is 0. The molecular formula is C13H13BrN2O. The van der Waals surface area contributed by atoms with Crippen LogP contribution in [-0.2, 0) is 6.54 Å². The van der Waals surface area contributed by atoms with Gasteiger partial charge in [0.15, 0.2) is 0 Å². The molecule has 0 amide bonds. The average Bonchev–Trinajstić information content (AvgIpc) is 2.31. The lowest BCUT2D eigenvalue weighted by molar-refractivity contribution is 0.999. The van der Waals surface area contributed by atoms with Gasteiger partial charge in [-0.1, -0.05) is 28.1 Å². The van der Waals surface area contributed by atoms with Crippen LogP contribution in [0.5, 0.6) is 0 Å². The highest BCUT2D eigenvalue weighted by molar-refractivity contribution is 9.10. The summed E-state index contributed by atoms with van der Waals surface area (Å²) in [6.07, 6.45) is 0. The number of nitrogens with one attached hydrogen (secondary N) is 1. The van der Waals surface area contributed by atoms with E-state index in [4.69, 9.17) is 5.73 Å². The second-order valence-electron chi connectivity index (χ2n) is 3.87. The topological polar surface area (TPSA) is 58.9 Å². The van der Waals surface area contributed by atoms with E-state index in [1.165, 1.54) is 0 Å². The summed E-state index contributed by atoms with van der Waals surface area (Å²) in [5, 5.41) is 0. The molecule has 1 aromatic heterocycles. The van der Waals surface area contributed by atoms with Gasteiger partial charge in [-0.2, -0.15) is 0 Å². The van der Waals surface area contributed by atoms with Crippen molar-refractivity contribution < 1.29 is 0 Å². The molecule has 0 radical (unpaired) electrons. The Labute approximate surface area is 108 Å².